The number of nitrogens with zero attached hydrogens (tertiary/aromatic N) is 1. The Bertz CT molecular complexity index is 548. The molecule has 2 rings (SSSR count). The minimum atomic E-state index is -0.269. The fourth-order valence-electron chi connectivity index (χ4n) is 2.53. The Hall–Kier alpha value is -2.28. The molecular weight excluding hydrogens is 298 g/mol. The van der Waals surface area contributed by atoms with Crippen LogP contribution in [0.2, 0.25) is 0 Å². The number of hydrogen-bond acceptors (Lipinski definition) is 5. The van der Waals surface area contributed by atoms with Crippen molar-refractivity contribution in [3.63, 3.8) is 0 Å². The lowest BCUT2D eigenvalue weighted by Crippen LogP contribution is -2.44. The van der Waals surface area contributed by atoms with E-state index in [-0.39, 0.29) is 24.4 Å². The Morgan fingerprint density at radius 3 is 2.43 bits per heavy atom. The average Bonchev–Trinajstić information content (AvgIpc) is 3.07. The van der Waals surface area contributed by atoms with Gasteiger partial charge < -0.3 is 25.0 Å². The summed E-state index contributed by atoms with van der Waals surface area (Å²) in [5.74, 6) is 0.841. The molecule has 126 valence electrons. The molecule has 1 unspecified atom stereocenters. The van der Waals surface area contributed by atoms with Gasteiger partial charge in [0.2, 0.25) is 11.8 Å². The molecule has 0 aromatic heterocycles. The quantitative estimate of drug-likeness (QED) is 0.812. The summed E-state index contributed by atoms with van der Waals surface area (Å²) in [7, 11) is 4.72. The largest absolute Gasteiger partial charge is 0.497 e. The highest BCUT2D eigenvalue weighted by Crippen LogP contribution is 2.25. The first-order chi connectivity index (χ1) is 11.0. The van der Waals surface area contributed by atoms with Crippen LogP contribution in [0.15, 0.2) is 18.2 Å². The van der Waals surface area contributed by atoms with Gasteiger partial charge >= 0.3 is 0 Å². The summed E-state index contributed by atoms with van der Waals surface area (Å²) in [4.78, 5) is 25.8. The number of carbonyl (C=O) groups is 2. The second-order valence-corrected chi connectivity index (χ2v) is 5.49. The van der Waals surface area contributed by atoms with E-state index in [9.17, 15) is 9.59 Å². The normalized spacial score (nSPS) is 16.7. The van der Waals surface area contributed by atoms with Gasteiger partial charge in [0.15, 0.2) is 0 Å². The van der Waals surface area contributed by atoms with Crippen molar-refractivity contribution in [1.82, 2.24) is 10.2 Å². The van der Waals surface area contributed by atoms with E-state index in [1.165, 1.54) is 4.90 Å². The average molecular weight is 321 g/mol. The third kappa shape index (κ3) is 4.59. The van der Waals surface area contributed by atoms with E-state index in [4.69, 9.17) is 9.47 Å². The van der Waals surface area contributed by atoms with Crippen molar-refractivity contribution in [3.05, 3.63) is 18.2 Å². The van der Waals surface area contributed by atoms with Gasteiger partial charge in [-0.2, -0.15) is 0 Å². The molecular formula is C16H23N3O4. The highest BCUT2D eigenvalue weighted by molar-refractivity contribution is 5.95. The van der Waals surface area contributed by atoms with E-state index in [1.807, 2.05) is 0 Å². The number of amides is 2. The molecule has 0 bridgehead atoms. The Balaban J connectivity index is 1.94. The van der Waals surface area contributed by atoms with Gasteiger partial charge in [0.25, 0.3) is 0 Å². The highest BCUT2D eigenvalue weighted by Gasteiger charge is 2.25. The lowest BCUT2D eigenvalue weighted by molar-refractivity contribution is -0.134. The molecule has 1 heterocycles. The zero-order valence-corrected chi connectivity index (χ0v) is 13.7. The summed E-state index contributed by atoms with van der Waals surface area (Å²) in [5.41, 5.74) is 0.561. The maximum Gasteiger partial charge on any atom is 0.243 e. The molecule has 7 heteroatoms. The number of rotatable bonds is 6. The van der Waals surface area contributed by atoms with E-state index in [2.05, 4.69) is 10.6 Å². The molecule has 1 aromatic carbocycles. The lowest BCUT2D eigenvalue weighted by Gasteiger charge is -2.20. The molecule has 0 spiro atoms. The van der Waals surface area contributed by atoms with E-state index >= 15 is 0 Å². The second kappa shape index (κ2) is 7.82. The Morgan fingerprint density at radius 2 is 1.91 bits per heavy atom. The summed E-state index contributed by atoms with van der Waals surface area (Å²) in [5, 5.41) is 5.89. The fraction of sp³-hybridized carbons (Fsp3) is 0.500. The molecule has 2 amide bonds. The van der Waals surface area contributed by atoms with Crippen LogP contribution in [0.5, 0.6) is 11.5 Å². The summed E-state index contributed by atoms with van der Waals surface area (Å²) in [6.07, 6.45) is 1.80. The Kier molecular flexibility index (Phi) is 5.81. The molecule has 1 atom stereocenters. The smallest absolute Gasteiger partial charge is 0.243 e. The highest BCUT2D eigenvalue weighted by atomic mass is 16.5. The van der Waals surface area contributed by atoms with Crippen LogP contribution in [0, 0.1) is 0 Å². The van der Waals surface area contributed by atoms with Gasteiger partial charge in [-0.05, 0) is 19.4 Å². The zero-order chi connectivity index (χ0) is 16.8. The third-order valence-electron chi connectivity index (χ3n) is 3.75. The number of nitrogens with one attached hydrogen (secondary N) is 2. The van der Waals surface area contributed by atoms with Crippen LogP contribution in [-0.2, 0) is 9.59 Å². The fourth-order valence-corrected chi connectivity index (χ4v) is 2.53. The summed E-state index contributed by atoms with van der Waals surface area (Å²) in [6, 6.07) is 4.93. The van der Waals surface area contributed by atoms with Gasteiger partial charge in [0.1, 0.15) is 11.5 Å². The van der Waals surface area contributed by atoms with Crippen LogP contribution in [-0.4, -0.2) is 57.1 Å². The van der Waals surface area contributed by atoms with E-state index in [1.54, 1.807) is 39.5 Å². The minimum Gasteiger partial charge on any atom is -0.497 e. The van der Waals surface area contributed by atoms with Crippen molar-refractivity contribution in [2.24, 2.45) is 0 Å². The maximum absolute atomic E-state index is 12.2. The van der Waals surface area contributed by atoms with Gasteiger partial charge in [-0.15, -0.1) is 0 Å². The van der Waals surface area contributed by atoms with Crippen molar-refractivity contribution >= 4 is 17.5 Å². The molecule has 0 radical (unpaired) electrons. The van der Waals surface area contributed by atoms with Gasteiger partial charge in [-0.1, -0.05) is 0 Å². The van der Waals surface area contributed by atoms with Gasteiger partial charge in [-0.3, -0.25) is 9.59 Å². The molecule has 0 saturated carbocycles. The Morgan fingerprint density at radius 1 is 1.26 bits per heavy atom. The van der Waals surface area contributed by atoms with Crippen molar-refractivity contribution in [1.29, 1.82) is 0 Å². The molecule has 1 aliphatic rings. The van der Waals surface area contributed by atoms with Crippen LogP contribution < -0.4 is 20.1 Å². The van der Waals surface area contributed by atoms with Crippen LogP contribution in [0.1, 0.15) is 12.8 Å². The van der Waals surface area contributed by atoms with Crippen molar-refractivity contribution in [3.8, 4) is 11.5 Å². The lowest BCUT2D eigenvalue weighted by atomic mass is 10.2. The van der Waals surface area contributed by atoms with E-state index in [0.717, 1.165) is 19.4 Å². The molecule has 1 fully saturated rings. The Labute approximate surface area is 135 Å². The minimum absolute atomic E-state index is 0.00343. The summed E-state index contributed by atoms with van der Waals surface area (Å²) in [6.45, 7) is 0.844. The molecule has 1 aliphatic heterocycles. The van der Waals surface area contributed by atoms with Crippen molar-refractivity contribution in [2.45, 2.75) is 18.9 Å². The van der Waals surface area contributed by atoms with E-state index < -0.39 is 0 Å². The first-order valence-corrected chi connectivity index (χ1v) is 7.54. The monoisotopic (exact) mass is 321 g/mol. The topological polar surface area (TPSA) is 79.9 Å². The molecule has 7 nitrogen and oxygen atoms in total. The second-order valence-electron chi connectivity index (χ2n) is 5.49. The predicted octanol–water partition coefficient (Wildman–Crippen LogP) is 0.853. The van der Waals surface area contributed by atoms with Crippen molar-refractivity contribution < 1.29 is 19.1 Å². The number of anilines is 1. The van der Waals surface area contributed by atoms with Gasteiger partial charge in [-0.25, -0.2) is 0 Å². The molecule has 1 aromatic rings. The maximum atomic E-state index is 12.2. The number of ether oxygens (including phenoxy) is 2. The molecule has 0 aliphatic carbocycles. The van der Waals surface area contributed by atoms with Crippen molar-refractivity contribution in [2.75, 3.05) is 39.7 Å². The van der Waals surface area contributed by atoms with E-state index in [0.29, 0.717) is 17.2 Å². The third-order valence-corrected chi connectivity index (χ3v) is 3.75. The van der Waals surface area contributed by atoms with Gasteiger partial charge in [0.05, 0.1) is 26.8 Å². The SMILES string of the molecule is COc1cc(NC(=O)CN(C)C(=O)C2CCCN2)cc(OC)c1. The molecule has 1 saturated heterocycles. The van der Waals surface area contributed by atoms with Crippen LogP contribution in [0.4, 0.5) is 5.69 Å². The van der Waals surface area contributed by atoms with Gasteiger partial charge in [0, 0.05) is 30.9 Å². The van der Waals surface area contributed by atoms with Crippen LogP contribution >= 0.6 is 0 Å². The summed E-state index contributed by atoms with van der Waals surface area (Å²) < 4.78 is 10.3. The zero-order valence-electron chi connectivity index (χ0n) is 13.7. The number of likely N-dealkylation sites (N-methyl/N-ethyl adjacent to an activating group) is 1. The first kappa shape index (κ1) is 17.1. The standard InChI is InChI=1S/C16H23N3O4/c1-19(16(21)14-5-4-6-17-14)10-15(20)18-11-7-12(22-2)9-13(8-11)23-3/h7-9,14,17H,4-6,10H2,1-3H3,(H,18,20). The summed E-state index contributed by atoms with van der Waals surface area (Å²) >= 11 is 0. The molecule has 2 N–H and O–H groups in total. The first-order valence-electron chi connectivity index (χ1n) is 7.54. The molecule has 23 heavy (non-hydrogen) atoms. The number of hydrogen-bond donors (Lipinski definition) is 2. The number of carbonyl (C=O) groups excluding carboxylic acids is 2. The van der Waals surface area contributed by atoms with Crippen LogP contribution in [0.3, 0.4) is 0 Å². The number of benzene rings is 1. The van der Waals surface area contributed by atoms with Crippen LogP contribution in [0.25, 0.3) is 0 Å². The predicted molar refractivity (Wildman–Crippen MR) is 86.8 cm³/mol. The number of methoxy groups -OCH3 is 2.